The Morgan fingerprint density at radius 1 is 0.902 bits per heavy atom. The lowest BCUT2D eigenvalue weighted by Crippen LogP contribution is -2.37. The molecular weight excluding hydrogens is 785 g/mol. The van der Waals surface area contributed by atoms with Gasteiger partial charge >= 0.3 is 6.09 Å². The first-order chi connectivity index (χ1) is 29.3. The van der Waals surface area contributed by atoms with Crippen molar-refractivity contribution < 1.29 is 19.2 Å². The van der Waals surface area contributed by atoms with Gasteiger partial charge in [0.25, 0.3) is 0 Å². The number of anilines is 1. The summed E-state index contributed by atoms with van der Waals surface area (Å²) in [5, 5.41) is 0. The van der Waals surface area contributed by atoms with E-state index in [1.807, 2.05) is 74.1 Å². The third-order valence-electron chi connectivity index (χ3n) is 12.5. The lowest BCUT2D eigenvalue weighted by molar-refractivity contribution is -0.122. The Morgan fingerprint density at radius 2 is 1.67 bits per heavy atom. The molecule has 12 nitrogen and oxygen atoms in total. The summed E-state index contributed by atoms with van der Waals surface area (Å²) in [6.45, 7) is 11.1. The number of benzene rings is 3. The first-order valence-electron chi connectivity index (χ1n) is 21.5. The van der Waals surface area contributed by atoms with Crippen molar-refractivity contribution in [3.63, 3.8) is 0 Å². The lowest BCUT2D eigenvalue weighted by atomic mass is 9.99. The predicted octanol–water partition coefficient (Wildman–Crippen LogP) is 9.35. The molecule has 3 aromatic heterocycles. The Morgan fingerprint density at radius 3 is 2.46 bits per heavy atom. The van der Waals surface area contributed by atoms with Crippen molar-refractivity contribution in [2.45, 2.75) is 84.4 Å². The number of ether oxygens (including phenoxy) is 1. The number of aromatic nitrogens is 6. The number of amides is 2. The van der Waals surface area contributed by atoms with Crippen LogP contribution in [0.5, 0.6) is 0 Å². The van der Waals surface area contributed by atoms with Gasteiger partial charge in [-0.2, -0.15) is 4.73 Å². The molecule has 3 aliphatic heterocycles. The van der Waals surface area contributed by atoms with Crippen LogP contribution in [0.4, 0.5) is 10.5 Å². The maximum absolute atomic E-state index is 13.6. The number of hydrogen-bond donors (Lipinski definition) is 1. The quantitative estimate of drug-likeness (QED) is 0.144. The van der Waals surface area contributed by atoms with Crippen molar-refractivity contribution in [3.05, 3.63) is 102 Å². The average molecular weight is 841 g/mol. The third-order valence-corrected chi connectivity index (χ3v) is 15.3. The van der Waals surface area contributed by atoms with E-state index in [9.17, 15) is 9.59 Å². The molecule has 61 heavy (non-hydrogen) atoms. The molecule has 0 spiro atoms. The molecule has 3 aromatic carbocycles. The topological polar surface area (TPSA) is 131 Å². The molecule has 0 aliphatic carbocycles. The van der Waals surface area contributed by atoms with E-state index >= 15 is 0 Å². The highest BCUT2D eigenvalue weighted by Gasteiger charge is 2.41. The number of nitrogens with zero attached hydrogens (tertiary/aromatic N) is 7. The van der Waals surface area contributed by atoms with Crippen LogP contribution < -0.4 is 9.74 Å². The molecule has 318 valence electrons. The van der Waals surface area contributed by atoms with Crippen LogP contribution >= 0.6 is 10.0 Å². The van der Waals surface area contributed by atoms with Crippen LogP contribution in [-0.2, 0) is 22.4 Å². The van der Waals surface area contributed by atoms with Gasteiger partial charge in [-0.05, 0) is 93.5 Å². The number of para-hydroxylation sites is 1. The van der Waals surface area contributed by atoms with E-state index in [4.69, 9.17) is 29.5 Å². The van der Waals surface area contributed by atoms with Crippen molar-refractivity contribution in [3.8, 4) is 33.8 Å². The number of nitrogens with one attached hydrogen (secondary N) is 1. The van der Waals surface area contributed by atoms with Gasteiger partial charge in [-0.3, -0.25) is 14.7 Å². The zero-order valence-electron chi connectivity index (χ0n) is 36.3. The predicted molar refractivity (Wildman–Crippen MR) is 243 cm³/mol. The molecule has 6 heterocycles. The standard InChI is InChI=1S/C48H56N8O4S/c1-8-61(6,7)24-23-59-56-42(29-51-45(56)40-13-10-22-54(40)47(58)60-48(3,4)5)34-20-21-36-37(25-34)49-27-38(52-36)31-16-18-32(19-17-31)39-28-50-44(53-39)41-26-35-12-9-11-33-15-14-30(2)46(57)55(41)43(33)35/h9,11-12,16-21,25,27-30,40-41H,8,10,13-15,22-24,26H2,1-7H3,(H,50,53)/t30?,40-,41?/m0/s1. The molecule has 2 amide bonds. The molecule has 2 unspecified atom stereocenters. The summed E-state index contributed by atoms with van der Waals surface area (Å²) < 4.78 is 7.63. The fraction of sp³-hybridized carbons (Fsp3) is 0.417. The molecular formula is C48H56N8O4S. The Kier molecular flexibility index (Phi) is 10.7. The zero-order chi connectivity index (χ0) is 42.6. The van der Waals surface area contributed by atoms with Crippen molar-refractivity contribution in [1.82, 2.24) is 34.6 Å². The first kappa shape index (κ1) is 40.7. The highest BCUT2D eigenvalue weighted by Crippen LogP contribution is 2.45. The van der Waals surface area contributed by atoms with E-state index in [1.54, 1.807) is 4.90 Å². The molecule has 13 heteroatoms. The molecule has 9 rings (SSSR count). The molecule has 1 fully saturated rings. The van der Waals surface area contributed by atoms with Gasteiger partial charge in [0.2, 0.25) is 5.91 Å². The third kappa shape index (κ3) is 8.00. The van der Waals surface area contributed by atoms with Gasteiger partial charge in [-0.15, -0.1) is 0 Å². The molecule has 0 radical (unpaired) electrons. The van der Waals surface area contributed by atoms with Gasteiger partial charge in [-0.1, -0.05) is 62.4 Å². The number of carbonyl (C=O) groups excluding carboxylic acids is 2. The molecule has 1 N–H and O–H groups in total. The normalized spacial score (nSPS) is 19.3. The first-order valence-corrected chi connectivity index (χ1v) is 24.3. The van der Waals surface area contributed by atoms with Crippen LogP contribution in [0.25, 0.3) is 44.8 Å². The van der Waals surface area contributed by atoms with E-state index in [0.717, 1.165) is 99.9 Å². The largest absolute Gasteiger partial charge is 0.444 e. The van der Waals surface area contributed by atoms with Gasteiger partial charge < -0.3 is 19.5 Å². The zero-order valence-corrected chi connectivity index (χ0v) is 37.1. The fourth-order valence-electron chi connectivity index (χ4n) is 8.75. The van der Waals surface area contributed by atoms with Crippen LogP contribution in [0, 0.1) is 5.92 Å². The van der Waals surface area contributed by atoms with E-state index in [1.165, 1.54) is 11.1 Å². The average Bonchev–Trinajstić information content (AvgIpc) is 4.06. The van der Waals surface area contributed by atoms with Crippen LogP contribution in [-0.4, -0.2) is 89.3 Å². The minimum atomic E-state index is -0.794. The summed E-state index contributed by atoms with van der Waals surface area (Å²) in [4.78, 5) is 60.4. The maximum Gasteiger partial charge on any atom is 0.410 e. The van der Waals surface area contributed by atoms with E-state index in [-0.39, 0.29) is 30.0 Å². The van der Waals surface area contributed by atoms with Crippen LogP contribution in [0.3, 0.4) is 0 Å². The Labute approximate surface area is 359 Å². The van der Waals surface area contributed by atoms with Crippen molar-refractivity contribution in [1.29, 1.82) is 0 Å². The number of imidazole rings is 2. The van der Waals surface area contributed by atoms with Crippen LogP contribution in [0.15, 0.2) is 79.3 Å². The fourth-order valence-corrected chi connectivity index (χ4v) is 9.57. The van der Waals surface area contributed by atoms with Gasteiger partial charge in [0.15, 0.2) is 5.82 Å². The van der Waals surface area contributed by atoms with Gasteiger partial charge in [0, 0.05) is 35.8 Å². The minimum Gasteiger partial charge on any atom is -0.444 e. The molecule has 0 bridgehead atoms. The van der Waals surface area contributed by atoms with E-state index in [0.29, 0.717) is 19.0 Å². The Hall–Kier alpha value is -5.69. The number of H-pyrrole nitrogens is 1. The highest BCUT2D eigenvalue weighted by molar-refractivity contribution is 8.32. The van der Waals surface area contributed by atoms with Crippen LogP contribution in [0.1, 0.15) is 88.7 Å². The van der Waals surface area contributed by atoms with Gasteiger partial charge in [0.1, 0.15) is 23.7 Å². The number of carbonyl (C=O) groups is 2. The lowest BCUT2D eigenvalue weighted by Gasteiger charge is -2.30. The molecule has 0 saturated carbocycles. The molecule has 1 saturated heterocycles. The highest BCUT2D eigenvalue weighted by atomic mass is 32.3. The SMILES string of the molecule is CCS(C)(C)CCOn1c(-c2ccc3nc(-c4ccc(-c5cnc(C6Cc7cccc8c7N6C(=O)C(C)CC8)[nH]5)cc4)cnc3c2)cnc1[C@@H]1CCCN1C(=O)OC(C)(C)C. The molecule has 3 aliphatic rings. The van der Waals surface area contributed by atoms with Crippen molar-refractivity contribution in [2.75, 3.05) is 42.1 Å². The molecule has 3 atom stereocenters. The van der Waals surface area contributed by atoms with Crippen molar-refractivity contribution >= 4 is 38.7 Å². The number of rotatable bonds is 10. The van der Waals surface area contributed by atoms with Gasteiger partial charge in [0.05, 0.1) is 58.8 Å². The second-order valence-electron chi connectivity index (χ2n) is 18.2. The summed E-state index contributed by atoms with van der Waals surface area (Å²) in [5.41, 5.74) is 9.79. The smallest absolute Gasteiger partial charge is 0.410 e. The second kappa shape index (κ2) is 16.0. The van der Waals surface area contributed by atoms with E-state index in [2.05, 4.69) is 66.9 Å². The summed E-state index contributed by atoms with van der Waals surface area (Å²) in [5.74, 6) is 3.72. The molecule has 6 aromatic rings. The monoisotopic (exact) mass is 840 g/mol. The minimum absolute atomic E-state index is 0.0314. The second-order valence-corrected chi connectivity index (χ2v) is 22.8. The summed E-state index contributed by atoms with van der Waals surface area (Å²) in [6, 6.07) is 20.3. The maximum atomic E-state index is 13.6. The number of aromatic amines is 1. The number of likely N-dealkylation sites (tertiary alicyclic amines) is 1. The van der Waals surface area contributed by atoms with E-state index < -0.39 is 15.6 Å². The number of fused-ring (bicyclic) bond motifs is 1. The van der Waals surface area contributed by atoms with Crippen molar-refractivity contribution in [2.24, 2.45) is 5.92 Å². The summed E-state index contributed by atoms with van der Waals surface area (Å²) >= 11 is 0. The summed E-state index contributed by atoms with van der Waals surface area (Å²) in [7, 11) is -0.794. The Bertz CT molecular complexity index is 2610. The number of aryl methyl sites for hydroxylation is 1. The number of hydrogen-bond acceptors (Lipinski definition) is 8. The van der Waals surface area contributed by atoms with Crippen LogP contribution in [0.2, 0.25) is 0 Å². The summed E-state index contributed by atoms with van der Waals surface area (Å²) in [6.07, 6.45) is 14.0. The van der Waals surface area contributed by atoms with Gasteiger partial charge in [-0.25, -0.2) is 29.8 Å². The Balaban J connectivity index is 0.950.